The fourth-order valence-corrected chi connectivity index (χ4v) is 4.35. The molecule has 1 aliphatic carbocycles. The van der Waals surface area contributed by atoms with Crippen molar-refractivity contribution in [1.29, 1.82) is 0 Å². The Morgan fingerprint density at radius 3 is 2.46 bits per heavy atom. The van der Waals surface area contributed by atoms with E-state index in [-0.39, 0.29) is 17.4 Å². The number of hydrogen-bond donors (Lipinski definition) is 1. The van der Waals surface area contributed by atoms with Gasteiger partial charge in [-0.15, -0.1) is 0 Å². The predicted octanol–water partition coefficient (Wildman–Crippen LogP) is 3.74. The smallest absolute Gasteiger partial charge is 0.239 e. The molecule has 3 rings (SSSR count). The van der Waals surface area contributed by atoms with Gasteiger partial charge < -0.3 is 10.2 Å². The van der Waals surface area contributed by atoms with Crippen molar-refractivity contribution in [2.24, 2.45) is 5.92 Å². The molecule has 1 aliphatic heterocycles. The van der Waals surface area contributed by atoms with Crippen molar-refractivity contribution in [3.05, 3.63) is 35.9 Å². The van der Waals surface area contributed by atoms with Crippen LogP contribution >= 0.6 is 0 Å². The summed E-state index contributed by atoms with van der Waals surface area (Å²) in [5.41, 5.74) is 1.65. The van der Waals surface area contributed by atoms with Crippen LogP contribution < -0.4 is 5.32 Å². The van der Waals surface area contributed by atoms with Crippen LogP contribution in [0.4, 0.5) is 0 Å². The molecule has 1 aromatic carbocycles. The second-order valence-corrected chi connectivity index (χ2v) is 7.96. The first kappa shape index (κ1) is 17.5. The van der Waals surface area contributed by atoms with Crippen LogP contribution in [-0.2, 0) is 10.2 Å². The summed E-state index contributed by atoms with van der Waals surface area (Å²) < 4.78 is 0. The van der Waals surface area contributed by atoms with Gasteiger partial charge >= 0.3 is 0 Å². The van der Waals surface area contributed by atoms with Gasteiger partial charge in [0.15, 0.2) is 0 Å². The first-order valence-electron chi connectivity index (χ1n) is 9.68. The lowest BCUT2D eigenvalue weighted by molar-refractivity contribution is -0.134. The van der Waals surface area contributed by atoms with E-state index in [4.69, 9.17) is 0 Å². The van der Waals surface area contributed by atoms with Crippen LogP contribution in [0.15, 0.2) is 30.3 Å². The minimum absolute atomic E-state index is 0.0837. The average Bonchev–Trinajstić information content (AvgIpc) is 3.11. The molecule has 24 heavy (non-hydrogen) atoms. The Labute approximate surface area is 146 Å². The molecule has 0 bridgehead atoms. The molecule has 1 N–H and O–H groups in total. The number of benzene rings is 1. The fourth-order valence-electron chi connectivity index (χ4n) is 4.35. The van der Waals surface area contributed by atoms with Gasteiger partial charge in [-0.25, -0.2) is 0 Å². The maximum absolute atomic E-state index is 12.7. The number of carbonyl (C=O) groups is 1. The van der Waals surface area contributed by atoms with E-state index in [0.717, 1.165) is 38.4 Å². The molecule has 3 heteroatoms. The van der Waals surface area contributed by atoms with Gasteiger partial charge in [-0.05, 0) is 44.1 Å². The molecule has 0 aromatic heterocycles. The molecule has 3 nitrogen and oxygen atoms in total. The molecule has 2 aliphatic rings. The highest BCUT2D eigenvalue weighted by Gasteiger charge is 2.36. The standard InChI is InChI=1S/C21H32N2O/c1-17-10-14-23(15-11-17)20(24)18(2)22-16-21(12-6-7-13-21)19-8-4-3-5-9-19/h3-5,8-9,17-18,22H,6-7,10-16H2,1-2H3. The summed E-state index contributed by atoms with van der Waals surface area (Å²) in [6.45, 7) is 7.08. The quantitative estimate of drug-likeness (QED) is 0.893. The van der Waals surface area contributed by atoms with E-state index in [9.17, 15) is 4.79 Å². The summed E-state index contributed by atoms with van der Waals surface area (Å²) >= 11 is 0. The number of carbonyl (C=O) groups excluding carboxylic acids is 1. The predicted molar refractivity (Wildman–Crippen MR) is 99.0 cm³/mol. The van der Waals surface area contributed by atoms with E-state index in [2.05, 4.69) is 47.5 Å². The summed E-state index contributed by atoms with van der Waals surface area (Å²) in [7, 11) is 0. The number of amides is 1. The minimum Gasteiger partial charge on any atom is -0.341 e. The third kappa shape index (κ3) is 3.83. The van der Waals surface area contributed by atoms with Gasteiger partial charge in [-0.1, -0.05) is 50.1 Å². The molecule has 0 spiro atoms. The Hall–Kier alpha value is -1.35. The molecular formula is C21H32N2O. The van der Waals surface area contributed by atoms with Crippen molar-refractivity contribution in [3.8, 4) is 0 Å². The van der Waals surface area contributed by atoms with Gasteiger partial charge in [-0.2, -0.15) is 0 Å². The number of piperidine rings is 1. The van der Waals surface area contributed by atoms with Crippen molar-refractivity contribution in [2.75, 3.05) is 19.6 Å². The summed E-state index contributed by atoms with van der Waals surface area (Å²) in [5.74, 6) is 1.04. The van der Waals surface area contributed by atoms with E-state index in [1.54, 1.807) is 0 Å². The van der Waals surface area contributed by atoms with Gasteiger partial charge in [0.05, 0.1) is 6.04 Å². The Bertz CT molecular complexity index is 528. The zero-order valence-corrected chi connectivity index (χ0v) is 15.3. The second-order valence-electron chi connectivity index (χ2n) is 7.96. The van der Waals surface area contributed by atoms with Crippen LogP contribution in [-0.4, -0.2) is 36.5 Å². The molecule has 1 amide bonds. The molecule has 0 radical (unpaired) electrons. The maximum atomic E-state index is 12.7. The zero-order chi connectivity index (χ0) is 17.0. The lowest BCUT2D eigenvalue weighted by Gasteiger charge is -2.35. The van der Waals surface area contributed by atoms with E-state index < -0.39 is 0 Å². The summed E-state index contributed by atoms with van der Waals surface area (Å²) in [5, 5.41) is 3.58. The largest absolute Gasteiger partial charge is 0.341 e. The normalized spacial score (nSPS) is 22.5. The topological polar surface area (TPSA) is 32.3 Å². The molecule has 1 heterocycles. The molecule has 1 saturated heterocycles. The summed E-state index contributed by atoms with van der Waals surface area (Å²) in [6, 6.07) is 10.8. The van der Waals surface area contributed by atoms with Gasteiger partial charge in [0.25, 0.3) is 0 Å². The third-order valence-corrected chi connectivity index (χ3v) is 6.16. The van der Waals surface area contributed by atoms with E-state index in [1.165, 1.54) is 31.2 Å². The summed E-state index contributed by atoms with van der Waals surface area (Å²) in [6.07, 6.45) is 7.34. The van der Waals surface area contributed by atoms with Crippen LogP contribution in [0.25, 0.3) is 0 Å². The van der Waals surface area contributed by atoms with E-state index in [1.807, 2.05) is 6.92 Å². The Kier molecular flexibility index (Phi) is 5.60. The van der Waals surface area contributed by atoms with Crippen LogP contribution in [0.5, 0.6) is 0 Å². The number of rotatable bonds is 5. The highest BCUT2D eigenvalue weighted by atomic mass is 16.2. The highest BCUT2D eigenvalue weighted by Crippen LogP contribution is 2.40. The van der Waals surface area contributed by atoms with Crippen LogP contribution in [0.3, 0.4) is 0 Å². The molecular weight excluding hydrogens is 296 g/mol. The van der Waals surface area contributed by atoms with Gasteiger partial charge in [0.2, 0.25) is 5.91 Å². The highest BCUT2D eigenvalue weighted by molar-refractivity contribution is 5.81. The maximum Gasteiger partial charge on any atom is 0.239 e. The van der Waals surface area contributed by atoms with Crippen molar-refractivity contribution in [2.45, 2.75) is 63.8 Å². The number of nitrogens with zero attached hydrogens (tertiary/aromatic N) is 1. The van der Waals surface area contributed by atoms with Crippen LogP contribution in [0.2, 0.25) is 0 Å². The van der Waals surface area contributed by atoms with Gasteiger partial charge in [0.1, 0.15) is 0 Å². The number of nitrogens with one attached hydrogen (secondary N) is 1. The Morgan fingerprint density at radius 1 is 1.21 bits per heavy atom. The van der Waals surface area contributed by atoms with Gasteiger partial charge in [0, 0.05) is 25.0 Å². The van der Waals surface area contributed by atoms with Crippen LogP contribution in [0.1, 0.15) is 57.9 Å². The zero-order valence-electron chi connectivity index (χ0n) is 15.3. The van der Waals surface area contributed by atoms with Crippen molar-refractivity contribution < 1.29 is 4.79 Å². The summed E-state index contributed by atoms with van der Waals surface area (Å²) in [4.78, 5) is 14.8. The van der Waals surface area contributed by atoms with Crippen molar-refractivity contribution in [3.63, 3.8) is 0 Å². The number of likely N-dealkylation sites (tertiary alicyclic amines) is 1. The molecule has 132 valence electrons. The SMILES string of the molecule is CC1CCN(C(=O)C(C)NCC2(c3ccccc3)CCCC2)CC1. The lowest BCUT2D eigenvalue weighted by atomic mass is 9.78. The fraction of sp³-hybridized carbons (Fsp3) is 0.667. The van der Waals surface area contributed by atoms with Gasteiger partial charge in [-0.3, -0.25) is 4.79 Å². The molecule has 1 unspecified atom stereocenters. The molecule has 1 atom stereocenters. The third-order valence-electron chi connectivity index (χ3n) is 6.16. The molecule has 2 fully saturated rings. The first-order chi connectivity index (χ1) is 11.6. The van der Waals surface area contributed by atoms with E-state index in [0.29, 0.717) is 0 Å². The Morgan fingerprint density at radius 2 is 1.83 bits per heavy atom. The van der Waals surface area contributed by atoms with Crippen molar-refractivity contribution in [1.82, 2.24) is 10.2 Å². The van der Waals surface area contributed by atoms with Crippen molar-refractivity contribution >= 4 is 5.91 Å². The monoisotopic (exact) mass is 328 g/mol. The second kappa shape index (κ2) is 7.69. The molecule has 1 aromatic rings. The molecule has 1 saturated carbocycles. The number of hydrogen-bond acceptors (Lipinski definition) is 2. The first-order valence-corrected chi connectivity index (χ1v) is 9.68. The van der Waals surface area contributed by atoms with E-state index >= 15 is 0 Å². The Balaban J connectivity index is 1.59. The van der Waals surface area contributed by atoms with Crippen LogP contribution in [0, 0.1) is 5.92 Å². The lowest BCUT2D eigenvalue weighted by Crippen LogP contribution is -2.50. The average molecular weight is 329 g/mol. The minimum atomic E-state index is -0.0837.